The molecule has 0 heterocycles. The molecule has 4 N–H and O–H groups in total. The topological polar surface area (TPSA) is 112 Å². The number of nitrogens with zero attached hydrogens (tertiary/aromatic N) is 2. The van der Waals surface area contributed by atoms with E-state index in [0.717, 1.165) is 50.9 Å². The predicted octanol–water partition coefficient (Wildman–Crippen LogP) is 3.99. The van der Waals surface area contributed by atoms with Crippen LogP contribution in [-0.2, 0) is 11.3 Å². The Balaban J connectivity index is 2.55. The van der Waals surface area contributed by atoms with Crippen LogP contribution < -0.4 is 11.1 Å². The maximum atomic E-state index is 12.4. The number of amidine groups is 1. The van der Waals surface area contributed by atoms with Crippen molar-refractivity contribution in [2.75, 3.05) is 32.7 Å². The molecule has 0 aliphatic carbocycles. The minimum atomic E-state index is -0.641. The highest BCUT2D eigenvalue weighted by atomic mass is 16.6. The number of amides is 2. The van der Waals surface area contributed by atoms with Gasteiger partial charge in [-0.2, -0.15) is 0 Å². The first kappa shape index (κ1) is 28.4. The van der Waals surface area contributed by atoms with Gasteiger partial charge in [-0.1, -0.05) is 26.0 Å². The molecule has 0 saturated heterocycles. The summed E-state index contributed by atoms with van der Waals surface area (Å²) in [4.78, 5) is 28.7. The fourth-order valence-electron chi connectivity index (χ4n) is 3.43. The van der Waals surface area contributed by atoms with Gasteiger partial charge in [-0.15, -0.1) is 0 Å². The Bertz CT molecular complexity index is 737. The average molecular weight is 462 g/mol. The Morgan fingerprint density at radius 1 is 1.03 bits per heavy atom. The molecule has 0 unspecified atom stereocenters. The normalized spacial score (nSPS) is 11.3. The molecule has 1 aromatic rings. The lowest BCUT2D eigenvalue weighted by atomic mass is 10.1. The van der Waals surface area contributed by atoms with E-state index < -0.39 is 11.7 Å². The van der Waals surface area contributed by atoms with Crippen molar-refractivity contribution in [3.8, 4) is 0 Å². The maximum Gasteiger partial charge on any atom is 0.410 e. The van der Waals surface area contributed by atoms with E-state index in [4.69, 9.17) is 15.9 Å². The van der Waals surface area contributed by atoms with Gasteiger partial charge in [0.2, 0.25) is 0 Å². The van der Waals surface area contributed by atoms with Crippen LogP contribution in [0, 0.1) is 5.41 Å². The maximum absolute atomic E-state index is 12.4. The Labute approximate surface area is 199 Å². The number of carbonyl (C=O) groups is 2. The lowest BCUT2D eigenvalue weighted by molar-refractivity contribution is 0.0263. The second-order valence-electron chi connectivity index (χ2n) is 9.36. The van der Waals surface area contributed by atoms with Crippen LogP contribution in [0.4, 0.5) is 4.79 Å². The summed E-state index contributed by atoms with van der Waals surface area (Å²) in [5.41, 5.74) is 6.27. The van der Waals surface area contributed by atoms with Crippen molar-refractivity contribution in [2.24, 2.45) is 5.73 Å². The Morgan fingerprint density at radius 3 is 2.15 bits per heavy atom. The molecule has 0 saturated carbocycles. The highest BCUT2D eigenvalue weighted by molar-refractivity contribution is 5.94. The number of rotatable bonds is 14. The summed E-state index contributed by atoms with van der Waals surface area (Å²) in [5.74, 6) is -0.224. The van der Waals surface area contributed by atoms with Crippen LogP contribution in [-0.4, -0.2) is 66.0 Å². The summed E-state index contributed by atoms with van der Waals surface area (Å²) in [7, 11) is 0. The Morgan fingerprint density at radius 2 is 1.64 bits per heavy atom. The molecule has 2 amide bonds. The smallest absolute Gasteiger partial charge is 0.410 e. The molecular formula is C25H43N5O3. The third-order valence-corrected chi connectivity index (χ3v) is 4.87. The molecule has 1 rings (SSSR count). The van der Waals surface area contributed by atoms with Gasteiger partial charge in [-0.3, -0.25) is 15.1 Å². The van der Waals surface area contributed by atoms with E-state index in [1.807, 2.05) is 0 Å². The number of ether oxygens (including phenoxy) is 1. The third kappa shape index (κ3) is 12.3. The second kappa shape index (κ2) is 14.5. The van der Waals surface area contributed by atoms with Crippen LogP contribution >= 0.6 is 0 Å². The Hall–Kier alpha value is -2.61. The van der Waals surface area contributed by atoms with Crippen LogP contribution in [0.15, 0.2) is 24.3 Å². The number of nitrogens with two attached hydrogens (primary N) is 1. The van der Waals surface area contributed by atoms with Crippen LogP contribution in [0.25, 0.3) is 0 Å². The van der Waals surface area contributed by atoms with Gasteiger partial charge in [0.05, 0.1) is 6.54 Å². The van der Waals surface area contributed by atoms with Gasteiger partial charge < -0.3 is 20.7 Å². The first-order valence-corrected chi connectivity index (χ1v) is 12.0. The van der Waals surface area contributed by atoms with E-state index >= 15 is 0 Å². The van der Waals surface area contributed by atoms with Gasteiger partial charge in [0.15, 0.2) is 0 Å². The summed E-state index contributed by atoms with van der Waals surface area (Å²) in [6, 6.07) is 7.10. The first-order chi connectivity index (χ1) is 15.6. The molecule has 0 aliphatic heterocycles. The standard InChI is InChI=1S/C25H43N5O3/c1-6-15-29(16-7-2)17-9-8-14-28-23(31)21-12-10-20(11-13-21)18-30(19-22(26)27)24(32)33-25(3,4)5/h10-13H,6-9,14-19H2,1-5H3,(H3,26,27)(H,28,31). The van der Waals surface area contributed by atoms with Crippen molar-refractivity contribution < 1.29 is 14.3 Å². The molecule has 8 nitrogen and oxygen atoms in total. The molecule has 0 aliphatic rings. The number of hydrogen-bond acceptors (Lipinski definition) is 5. The number of carbonyl (C=O) groups excluding carboxylic acids is 2. The van der Waals surface area contributed by atoms with Gasteiger partial charge in [0.1, 0.15) is 11.4 Å². The summed E-state index contributed by atoms with van der Waals surface area (Å²) >= 11 is 0. The fraction of sp³-hybridized carbons (Fsp3) is 0.640. The van der Waals surface area contributed by atoms with Crippen LogP contribution in [0.3, 0.4) is 0 Å². The summed E-state index contributed by atoms with van der Waals surface area (Å²) < 4.78 is 5.41. The van der Waals surface area contributed by atoms with E-state index in [1.165, 1.54) is 4.90 Å². The van der Waals surface area contributed by atoms with Crippen molar-refractivity contribution in [1.29, 1.82) is 5.41 Å². The average Bonchev–Trinajstić information content (AvgIpc) is 2.72. The van der Waals surface area contributed by atoms with E-state index in [2.05, 4.69) is 24.1 Å². The highest BCUT2D eigenvalue weighted by Crippen LogP contribution is 2.13. The minimum Gasteiger partial charge on any atom is -0.444 e. The van der Waals surface area contributed by atoms with Crippen molar-refractivity contribution in [2.45, 2.75) is 72.4 Å². The van der Waals surface area contributed by atoms with Gasteiger partial charge in [-0.05, 0) is 83.8 Å². The van der Waals surface area contributed by atoms with Crippen molar-refractivity contribution in [1.82, 2.24) is 15.1 Å². The zero-order valence-electron chi connectivity index (χ0n) is 21.1. The van der Waals surface area contributed by atoms with Gasteiger partial charge in [0, 0.05) is 18.7 Å². The molecule has 8 heteroatoms. The molecule has 0 radical (unpaired) electrons. The molecule has 1 aromatic carbocycles. The van der Waals surface area contributed by atoms with E-state index in [0.29, 0.717) is 12.1 Å². The van der Waals surface area contributed by atoms with Gasteiger partial charge in [0.25, 0.3) is 5.91 Å². The Kier molecular flexibility index (Phi) is 12.5. The monoisotopic (exact) mass is 461 g/mol. The number of hydrogen-bond donors (Lipinski definition) is 3. The second-order valence-corrected chi connectivity index (χ2v) is 9.36. The summed E-state index contributed by atoms with van der Waals surface area (Å²) in [6.45, 7) is 14.0. The number of benzene rings is 1. The van der Waals surface area contributed by atoms with Crippen LogP contribution in [0.5, 0.6) is 0 Å². The predicted molar refractivity (Wildman–Crippen MR) is 134 cm³/mol. The zero-order chi connectivity index (χ0) is 24.9. The van der Waals surface area contributed by atoms with Crippen molar-refractivity contribution in [3.63, 3.8) is 0 Å². The molecule has 0 spiro atoms. The zero-order valence-corrected chi connectivity index (χ0v) is 21.1. The van der Waals surface area contributed by atoms with E-state index in [1.54, 1.807) is 45.0 Å². The largest absolute Gasteiger partial charge is 0.444 e. The van der Waals surface area contributed by atoms with E-state index in [9.17, 15) is 9.59 Å². The van der Waals surface area contributed by atoms with Crippen LogP contribution in [0.1, 0.15) is 76.2 Å². The molecule has 33 heavy (non-hydrogen) atoms. The lowest BCUT2D eigenvalue weighted by Gasteiger charge is -2.27. The van der Waals surface area contributed by atoms with E-state index in [-0.39, 0.29) is 24.8 Å². The van der Waals surface area contributed by atoms with Crippen LogP contribution in [0.2, 0.25) is 0 Å². The molecule has 0 atom stereocenters. The number of unbranched alkanes of at least 4 members (excludes halogenated alkanes) is 1. The van der Waals surface area contributed by atoms with Crippen molar-refractivity contribution in [3.05, 3.63) is 35.4 Å². The fourth-order valence-corrected chi connectivity index (χ4v) is 3.43. The molecule has 0 fully saturated rings. The minimum absolute atomic E-state index is 0.0227. The van der Waals surface area contributed by atoms with Gasteiger partial charge >= 0.3 is 6.09 Å². The van der Waals surface area contributed by atoms with Gasteiger partial charge in [-0.25, -0.2) is 4.79 Å². The summed E-state index contributed by atoms with van der Waals surface area (Å²) in [5, 5.41) is 10.5. The molecule has 186 valence electrons. The molecule has 0 bridgehead atoms. The third-order valence-electron chi connectivity index (χ3n) is 4.87. The first-order valence-electron chi connectivity index (χ1n) is 12.0. The summed E-state index contributed by atoms with van der Waals surface area (Å²) in [6.07, 6.45) is 3.81. The van der Waals surface area contributed by atoms with Crippen molar-refractivity contribution >= 4 is 17.8 Å². The molecular weight excluding hydrogens is 418 g/mol. The molecule has 0 aromatic heterocycles. The highest BCUT2D eigenvalue weighted by Gasteiger charge is 2.23. The lowest BCUT2D eigenvalue weighted by Crippen LogP contribution is -2.41. The number of nitrogens with one attached hydrogen (secondary N) is 2. The SMILES string of the molecule is CCCN(CCC)CCCCNC(=O)c1ccc(CN(CC(=N)N)C(=O)OC(C)(C)C)cc1. The quantitative estimate of drug-likeness (QED) is 0.220.